The molecule has 1 aromatic carbocycles. The Hall–Kier alpha value is -1.03. The fourth-order valence-corrected chi connectivity index (χ4v) is 2.48. The molecular weight excluding hydrogens is 251 g/mol. The summed E-state index contributed by atoms with van der Waals surface area (Å²) in [5.74, 6) is -0.336. The minimum atomic E-state index is -0.429. The summed E-state index contributed by atoms with van der Waals surface area (Å²) in [4.78, 5) is 11.9. The molecule has 0 spiro atoms. The van der Waals surface area contributed by atoms with Gasteiger partial charge in [0, 0.05) is 4.90 Å². The lowest BCUT2D eigenvalue weighted by Crippen LogP contribution is -2.16. The fourth-order valence-electron chi connectivity index (χ4n) is 2.27. The zero-order chi connectivity index (χ0) is 13.0. The molecule has 0 bridgehead atoms. The molecular formula is C14H17FO2S. The number of rotatable bonds is 3. The van der Waals surface area contributed by atoms with Gasteiger partial charge in [-0.15, -0.1) is 12.6 Å². The van der Waals surface area contributed by atoms with Crippen LogP contribution in [-0.2, 0) is 4.74 Å². The molecule has 4 heteroatoms. The van der Waals surface area contributed by atoms with Crippen molar-refractivity contribution in [3.05, 3.63) is 29.6 Å². The molecule has 1 fully saturated rings. The summed E-state index contributed by atoms with van der Waals surface area (Å²) in [6, 6.07) is 4.07. The highest BCUT2D eigenvalue weighted by Crippen LogP contribution is 2.24. The third kappa shape index (κ3) is 3.48. The summed E-state index contributed by atoms with van der Waals surface area (Å²) in [6.45, 7) is 0.470. The van der Waals surface area contributed by atoms with Gasteiger partial charge in [-0.25, -0.2) is 9.18 Å². The highest BCUT2D eigenvalue weighted by molar-refractivity contribution is 7.80. The quantitative estimate of drug-likeness (QED) is 0.665. The van der Waals surface area contributed by atoms with Crippen molar-refractivity contribution in [1.29, 1.82) is 0 Å². The third-order valence-electron chi connectivity index (χ3n) is 3.36. The third-order valence-corrected chi connectivity index (χ3v) is 3.70. The van der Waals surface area contributed by atoms with Crippen molar-refractivity contribution in [2.24, 2.45) is 5.92 Å². The molecule has 0 unspecified atom stereocenters. The topological polar surface area (TPSA) is 26.3 Å². The number of carbonyl (C=O) groups excluding carboxylic acids is 1. The highest BCUT2D eigenvalue weighted by Gasteiger charge is 2.16. The molecule has 0 atom stereocenters. The summed E-state index contributed by atoms with van der Waals surface area (Å²) in [6.07, 6.45) is 5.99. The molecule has 18 heavy (non-hydrogen) atoms. The first-order chi connectivity index (χ1) is 8.66. The number of benzene rings is 1. The van der Waals surface area contributed by atoms with Crippen molar-refractivity contribution in [2.45, 2.75) is 37.0 Å². The van der Waals surface area contributed by atoms with Gasteiger partial charge in [0.05, 0.1) is 12.2 Å². The van der Waals surface area contributed by atoms with Gasteiger partial charge in [-0.1, -0.05) is 19.3 Å². The normalized spacial score (nSPS) is 16.6. The van der Waals surface area contributed by atoms with Crippen LogP contribution in [0.4, 0.5) is 4.39 Å². The van der Waals surface area contributed by atoms with E-state index in [0.717, 1.165) is 12.8 Å². The second-order valence-corrected chi connectivity index (χ2v) is 5.25. The standard InChI is InChI=1S/C14H17FO2S/c15-12-7-6-11(8-13(12)18)14(16)17-9-10-4-2-1-3-5-10/h6-8,10,18H,1-5,9H2. The van der Waals surface area contributed by atoms with Crippen LogP contribution in [0.2, 0.25) is 0 Å². The molecule has 0 N–H and O–H groups in total. The van der Waals surface area contributed by atoms with Crippen LogP contribution in [0.25, 0.3) is 0 Å². The largest absolute Gasteiger partial charge is 0.462 e. The number of thiol groups is 1. The van der Waals surface area contributed by atoms with Gasteiger partial charge in [-0.05, 0) is 37.0 Å². The summed E-state index contributed by atoms with van der Waals surface area (Å²) in [5, 5.41) is 0. The molecule has 0 radical (unpaired) electrons. The van der Waals surface area contributed by atoms with Crippen LogP contribution in [0.3, 0.4) is 0 Å². The van der Waals surface area contributed by atoms with E-state index in [0.29, 0.717) is 18.1 Å². The van der Waals surface area contributed by atoms with Crippen molar-refractivity contribution in [1.82, 2.24) is 0 Å². The van der Waals surface area contributed by atoms with Crippen LogP contribution in [0, 0.1) is 11.7 Å². The molecule has 1 aliphatic carbocycles. The Morgan fingerprint density at radius 2 is 2.06 bits per heavy atom. The second kappa shape index (κ2) is 6.23. The van der Waals surface area contributed by atoms with Gasteiger partial charge >= 0.3 is 5.97 Å². The maximum atomic E-state index is 13.0. The summed E-state index contributed by atoms with van der Waals surface area (Å²) in [7, 11) is 0. The first-order valence-corrected chi connectivity index (χ1v) is 6.77. The molecule has 98 valence electrons. The van der Waals surface area contributed by atoms with Crippen LogP contribution in [0.15, 0.2) is 23.1 Å². The van der Waals surface area contributed by atoms with Crippen molar-refractivity contribution < 1.29 is 13.9 Å². The van der Waals surface area contributed by atoms with E-state index in [4.69, 9.17) is 4.74 Å². The Balaban J connectivity index is 1.88. The molecule has 1 aliphatic rings. The van der Waals surface area contributed by atoms with Gasteiger partial charge in [0.15, 0.2) is 0 Å². The van der Waals surface area contributed by atoms with Crippen LogP contribution in [0.1, 0.15) is 42.5 Å². The molecule has 1 aromatic rings. The molecule has 0 amide bonds. The van der Waals surface area contributed by atoms with E-state index in [9.17, 15) is 9.18 Å². The van der Waals surface area contributed by atoms with Crippen LogP contribution in [0.5, 0.6) is 0 Å². The maximum absolute atomic E-state index is 13.0. The molecule has 1 saturated carbocycles. The van der Waals surface area contributed by atoms with Gasteiger partial charge in [0.2, 0.25) is 0 Å². The van der Waals surface area contributed by atoms with E-state index < -0.39 is 11.8 Å². The predicted octanol–water partition coefficient (Wildman–Crippen LogP) is 3.85. The van der Waals surface area contributed by atoms with Crippen LogP contribution >= 0.6 is 12.6 Å². The van der Waals surface area contributed by atoms with Crippen LogP contribution in [-0.4, -0.2) is 12.6 Å². The Morgan fingerprint density at radius 3 is 2.72 bits per heavy atom. The lowest BCUT2D eigenvalue weighted by molar-refractivity contribution is 0.0410. The molecule has 0 aromatic heterocycles. The lowest BCUT2D eigenvalue weighted by Gasteiger charge is -2.21. The molecule has 2 nitrogen and oxygen atoms in total. The predicted molar refractivity (Wildman–Crippen MR) is 70.5 cm³/mol. The Bertz CT molecular complexity index is 428. The van der Waals surface area contributed by atoms with Gasteiger partial charge in [0.25, 0.3) is 0 Å². The smallest absolute Gasteiger partial charge is 0.338 e. The Labute approximate surface area is 112 Å². The molecule has 0 heterocycles. The fraction of sp³-hybridized carbons (Fsp3) is 0.500. The Morgan fingerprint density at radius 1 is 1.33 bits per heavy atom. The van der Waals surface area contributed by atoms with E-state index in [1.807, 2.05) is 0 Å². The van der Waals surface area contributed by atoms with Crippen molar-refractivity contribution in [3.63, 3.8) is 0 Å². The van der Waals surface area contributed by atoms with Gasteiger partial charge in [-0.2, -0.15) is 0 Å². The van der Waals surface area contributed by atoms with E-state index in [2.05, 4.69) is 12.6 Å². The maximum Gasteiger partial charge on any atom is 0.338 e. The lowest BCUT2D eigenvalue weighted by atomic mass is 9.90. The summed E-state index contributed by atoms with van der Waals surface area (Å²) >= 11 is 3.95. The van der Waals surface area contributed by atoms with Crippen molar-refractivity contribution in [3.8, 4) is 0 Å². The number of halogens is 1. The monoisotopic (exact) mass is 268 g/mol. The van der Waals surface area contributed by atoms with E-state index in [-0.39, 0.29) is 4.90 Å². The molecule has 0 aliphatic heterocycles. The van der Waals surface area contributed by atoms with Crippen LogP contribution < -0.4 is 0 Å². The first-order valence-electron chi connectivity index (χ1n) is 6.32. The number of ether oxygens (including phenoxy) is 1. The zero-order valence-electron chi connectivity index (χ0n) is 10.2. The van der Waals surface area contributed by atoms with E-state index in [1.165, 1.54) is 37.5 Å². The van der Waals surface area contributed by atoms with Gasteiger partial charge in [0.1, 0.15) is 5.82 Å². The molecule has 2 rings (SSSR count). The van der Waals surface area contributed by atoms with Gasteiger partial charge in [-0.3, -0.25) is 0 Å². The number of carbonyl (C=O) groups is 1. The second-order valence-electron chi connectivity index (χ2n) is 4.77. The minimum Gasteiger partial charge on any atom is -0.462 e. The first kappa shape index (κ1) is 13.4. The van der Waals surface area contributed by atoms with E-state index >= 15 is 0 Å². The summed E-state index contributed by atoms with van der Waals surface area (Å²) < 4.78 is 18.3. The van der Waals surface area contributed by atoms with Crippen molar-refractivity contribution >= 4 is 18.6 Å². The Kier molecular flexibility index (Phi) is 4.64. The van der Waals surface area contributed by atoms with Gasteiger partial charge < -0.3 is 4.74 Å². The number of esters is 1. The average Bonchev–Trinajstić information content (AvgIpc) is 2.40. The SMILES string of the molecule is O=C(OCC1CCCCC1)c1ccc(F)c(S)c1. The minimum absolute atomic E-state index is 0.169. The summed E-state index contributed by atoms with van der Waals surface area (Å²) in [5.41, 5.74) is 0.359. The average molecular weight is 268 g/mol. The highest BCUT2D eigenvalue weighted by atomic mass is 32.1. The van der Waals surface area contributed by atoms with E-state index in [1.54, 1.807) is 0 Å². The van der Waals surface area contributed by atoms with Crippen molar-refractivity contribution in [2.75, 3.05) is 6.61 Å². The number of hydrogen-bond donors (Lipinski definition) is 1. The number of hydrogen-bond acceptors (Lipinski definition) is 3. The zero-order valence-corrected chi connectivity index (χ0v) is 11.1. The molecule has 0 saturated heterocycles.